The smallest absolute Gasteiger partial charge is 0.458 e. The lowest BCUT2D eigenvalue weighted by molar-refractivity contribution is -0.461. The molecule has 2 aromatic rings. The molecule has 0 bridgehead atoms. The molecule has 2 aromatic carbocycles. The standard InChI is InChI=1S/C24H22F4N4O5/c25-23(26)20-15-17(4-5-21(20)36-24(27,28)37-23)30-22(33)29-16-2-1-3-19(14-16)35-18-6-8-31(9-7-18)32-10-12-34-13-11-32/h1-8,14-15H,9-13H2,(H2,29,30,33). The average molecular weight is 522 g/mol. The van der Waals surface area contributed by atoms with Gasteiger partial charge >= 0.3 is 18.4 Å². The molecule has 196 valence electrons. The molecule has 0 spiro atoms. The van der Waals surface area contributed by atoms with Crippen LogP contribution in [0.15, 0.2) is 66.6 Å². The lowest BCUT2D eigenvalue weighted by Gasteiger charge is -2.37. The Kier molecular flexibility index (Phi) is 6.67. The fourth-order valence-corrected chi connectivity index (χ4v) is 3.91. The van der Waals surface area contributed by atoms with Crippen LogP contribution in [0.5, 0.6) is 11.5 Å². The van der Waals surface area contributed by atoms with Crippen molar-refractivity contribution in [2.45, 2.75) is 12.4 Å². The number of amides is 2. The fraction of sp³-hybridized carbons (Fsp3) is 0.292. The van der Waals surface area contributed by atoms with E-state index in [0.717, 1.165) is 31.3 Å². The van der Waals surface area contributed by atoms with E-state index in [0.29, 0.717) is 37.0 Å². The third kappa shape index (κ3) is 5.96. The summed E-state index contributed by atoms with van der Waals surface area (Å²) in [5.41, 5.74) is -0.643. The number of halogens is 4. The Morgan fingerprint density at radius 2 is 1.76 bits per heavy atom. The number of nitrogens with zero attached hydrogens (tertiary/aromatic N) is 2. The predicted octanol–water partition coefficient (Wildman–Crippen LogP) is 4.68. The van der Waals surface area contributed by atoms with Crippen molar-refractivity contribution in [2.24, 2.45) is 0 Å². The molecule has 5 rings (SSSR count). The maximum absolute atomic E-state index is 14.0. The van der Waals surface area contributed by atoms with Gasteiger partial charge in [0.15, 0.2) is 0 Å². The second-order valence-corrected chi connectivity index (χ2v) is 8.21. The third-order valence-corrected chi connectivity index (χ3v) is 5.60. The van der Waals surface area contributed by atoms with Gasteiger partial charge in [0.25, 0.3) is 0 Å². The molecule has 3 heterocycles. The summed E-state index contributed by atoms with van der Waals surface area (Å²) in [6.45, 7) is 3.64. The van der Waals surface area contributed by atoms with Crippen LogP contribution < -0.4 is 20.1 Å². The van der Waals surface area contributed by atoms with Crippen molar-refractivity contribution in [3.05, 3.63) is 72.1 Å². The van der Waals surface area contributed by atoms with Gasteiger partial charge in [-0.3, -0.25) is 0 Å². The monoisotopic (exact) mass is 522 g/mol. The van der Waals surface area contributed by atoms with Gasteiger partial charge in [-0.1, -0.05) is 6.07 Å². The number of morpholine rings is 1. The van der Waals surface area contributed by atoms with Crippen molar-refractivity contribution >= 4 is 17.4 Å². The molecule has 0 aromatic heterocycles. The summed E-state index contributed by atoms with van der Waals surface area (Å²) in [7, 11) is 0. The molecule has 3 aliphatic rings. The molecule has 0 radical (unpaired) electrons. The summed E-state index contributed by atoms with van der Waals surface area (Å²) in [6.07, 6.45) is -3.09. The van der Waals surface area contributed by atoms with Gasteiger partial charge in [0.05, 0.1) is 25.3 Å². The number of benzene rings is 2. The molecule has 37 heavy (non-hydrogen) atoms. The van der Waals surface area contributed by atoms with E-state index in [2.05, 4.69) is 30.1 Å². The number of rotatable bonds is 5. The zero-order chi connectivity index (χ0) is 26.0. The van der Waals surface area contributed by atoms with Crippen LogP contribution in [-0.4, -0.2) is 55.2 Å². The number of ether oxygens (including phenoxy) is 4. The summed E-state index contributed by atoms with van der Waals surface area (Å²) in [4.78, 5) is 12.4. The minimum absolute atomic E-state index is 0.0805. The molecule has 0 unspecified atom stereocenters. The van der Waals surface area contributed by atoms with Crippen LogP contribution in [0.4, 0.5) is 33.7 Å². The van der Waals surface area contributed by atoms with Crippen LogP contribution in [0.3, 0.4) is 0 Å². The minimum atomic E-state index is -4.47. The lowest BCUT2D eigenvalue weighted by atomic mass is 10.1. The van der Waals surface area contributed by atoms with Gasteiger partial charge in [0, 0.05) is 36.7 Å². The van der Waals surface area contributed by atoms with Crippen LogP contribution in [0, 0.1) is 0 Å². The molecule has 0 aliphatic carbocycles. The Morgan fingerprint density at radius 1 is 1.00 bits per heavy atom. The number of carbonyl (C=O) groups excluding carboxylic acids is 1. The zero-order valence-electron chi connectivity index (χ0n) is 19.3. The van der Waals surface area contributed by atoms with Crippen molar-refractivity contribution in [3.63, 3.8) is 0 Å². The molecule has 3 aliphatic heterocycles. The topological polar surface area (TPSA) is 84.5 Å². The maximum Gasteiger partial charge on any atom is 0.540 e. The summed E-state index contributed by atoms with van der Waals surface area (Å²) in [6, 6.07) is 8.69. The Morgan fingerprint density at radius 3 is 2.49 bits per heavy atom. The number of hydrogen-bond donors (Lipinski definition) is 2. The first kappa shape index (κ1) is 24.9. The zero-order valence-corrected chi connectivity index (χ0v) is 19.3. The molecule has 2 amide bonds. The number of hydrazine groups is 1. The number of allylic oxidation sites excluding steroid dienone is 1. The molecule has 1 saturated heterocycles. The number of carbonyl (C=O) groups is 1. The van der Waals surface area contributed by atoms with Crippen molar-refractivity contribution in [2.75, 3.05) is 43.5 Å². The highest BCUT2D eigenvalue weighted by Crippen LogP contribution is 2.46. The molecule has 1 fully saturated rings. The van der Waals surface area contributed by atoms with E-state index in [-0.39, 0.29) is 5.69 Å². The summed E-state index contributed by atoms with van der Waals surface area (Å²) < 4.78 is 73.1. The Labute approximate surface area is 208 Å². The van der Waals surface area contributed by atoms with E-state index < -0.39 is 29.7 Å². The van der Waals surface area contributed by atoms with Crippen molar-refractivity contribution in [3.8, 4) is 11.5 Å². The summed E-state index contributed by atoms with van der Waals surface area (Å²) in [5, 5.41) is 9.21. The molecule has 0 atom stereocenters. The average Bonchev–Trinajstić information content (AvgIpc) is 2.85. The largest absolute Gasteiger partial charge is 0.540 e. The quantitative estimate of drug-likeness (QED) is 0.552. The number of anilines is 2. The predicted molar refractivity (Wildman–Crippen MR) is 123 cm³/mol. The fourth-order valence-electron chi connectivity index (χ4n) is 3.91. The SMILES string of the molecule is O=C(Nc1cccc(OC2=CCN(N3CCOCC3)C=C2)c1)Nc1ccc2c(c1)C(F)(F)OC(F)(F)O2. The number of hydrogen-bond acceptors (Lipinski definition) is 7. The first-order valence-corrected chi connectivity index (χ1v) is 11.3. The molecule has 0 saturated carbocycles. The Bertz CT molecular complexity index is 1230. The lowest BCUT2D eigenvalue weighted by Crippen LogP contribution is -2.46. The second kappa shape index (κ2) is 9.92. The number of nitrogens with one attached hydrogen (secondary N) is 2. The number of fused-ring (bicyclic) bond motifs is 1. The second-order valence-electron chi connectivity index (χ2n) is 8.21. The van der Waals surface area contributed by atoms with Gasteiger partial charge in [0.1, 0.15) is 17.3 Å². The van der Waals surface area contributed by atoms with Crippen molar-refractivity contribution in [1.82, 2.24) is 10.0 Å². The van der Waals surface area contributed by atoms with Gasteiger partial charge in [-0.05, 0) is 42.5 Å². The molecular weight excluding hydrogens is 500 g/mol. The summed E-state index contributed by atoms with van der Waals surface area (Å²) >= 11 is 0. The molecule has 2 N–H and O–H groups in total. The first-order valence-electron chi connectivity index (χ1n) is 11.3. The van der Waals surface area contributed by atoms with Crippen LogP contribution in [0.2, 0.25) is 0 Å². The van der Waals surface area contributed by atoms with Crippen LogP contribution >= 0.6 is 0 Å². The van der Waals surface area contributed by atoms with Gasteiger partial charge < -0.3 is 29.9 Å². The van der Waals surface area contributed by atoms with Crippen LogP contribution in [-0.2, 0) is 15.6 Å². The molecular formula is C24H22F4N4O5. The van der Waals surface area contributed by atoms with E-state index in [1.165, 1.54) is 0 Å². The van der Waals surface area contributed by atoms with Gasteiger partial charge in [-0.15, -0.1) is 8.78 Å². The van der Waals surface area contributed by atoms with Crippen molar-refractivity contribution in [1.29, 1.82) is 0 Å². The first-order chi connectivity index (χ1) is 17.7. The number of alkyl halides is 4. The van der Waals surface area contributed by atoms with Crippen LogP contribution in [0.25, 0.3) is 0 Å². The van der Waals surface area contributed by atoms with E-state index >= 15 is 0 Å². The molecule has 13 heteroatoms. The van der Waals surface area contributed by atoms with Crippen LogP contribution in [0.1, 0.15) is 5.56 Å². The van der Waals surface area contributed by atoms with Gasteiger partial charge in [0.2, 0.25) is 0 Å². The van der Waals surface area contributed by atoms with E-state index in [1.807, 2.05) is 18.4 Å². The summed E-state index contributed by atoms with van der Waals surface area (Å²) in [5.74, 6) is 0.351. The van der Waals surface area contributed by atoms with E-state index in [9.17, 15) is 22.4 Å². The highest BCUT2D eigenvalue weighted by molar-refractivity contribution is 6.00. The Balaban J connectivity index is 1.18. The number of urea groups is 1. The third-order valence-electron chi connectivity index (χ3n) is 5.60. The van der Waals surface area contributed by atoms with Gasteiger partial charge in [-0.25, -0.2) is 14.5 Å². The maximum atomic E-state index is 14.0. The van der Waals surface area contributed by atoms with Gasteiger partial charge in [-0.2, -0.15) is 8.78 Å². The highest BCUT2D eigenvalue weighted by atomic mass is 19.3. The normalized spacial score (nSPS) is 20.3. The minimum Gasteiger partial charge on any atom is -0.458 e. The molecule has 9 nitrogen and oxygen atoms in total. The van der Waals surface area contributed by atoms with E-state index in [1.54, 1.807) is 24.3 Å². The Hall–Kier alpha value is -3.81. The van der Waals surface area contributed by atoms with Crippen molar-refractivity contribution < 1.29 is 41.3 Å². The van der Waals surface area contributed by atoms with E-state index in [4.69, 9.17) is 9.47 Å². The highest BCUT2D eigenvalue weighted by Gasteiger charge is 2.54.